The molecule has 0 aliphatic heterocycles. The zero-order chi connectivity index (χ0) is 12.4. The fourth-order valence-corrected chi connectivity index (χ4v) is 1.79. The quantitative estimate of drug-likeness (QED) is 0.628. The van der Waals surface area contributed by atoms with E-state index in [2.05, 4.69) is 21.0 Å². The van der Waals surface area contributed by atoms with E-state index in [0.717, 1.165) is 0 Å². The number of nitro benzene ring substituents is 1. The Morgan fingerprint density at radius 1 is 1.41 bits per heavy atom. The molecule has 0 fully saturated rings. The van der Waals surface area contributed by atoms with Gasteiger partial charge in [-0.25, -0.2) is 4.68 Å². The van der Waals surface area contributed by atoms with E-state index in [-0.39, 0.29) is 5.69 Å². The van der Waals surface area contributed by atoms with Crippen LogP contribution in [0.25, 0.3) is 5.69 Å². The molecule has 0 aliphatic carbocycles. The molecular weight excluding hydrogens is 288 g/mol. The topological polar surface area (TPSA) is 84.8 Å². The number of nitriles is 1. The van der Waals surface area contributed by atoms with Crippen LogP contribution in [0, 0.1) is 21.4 Å². The standard InChI is InChI=1S/C10H5BrN4O2/c11-10-7(5-12)6-13-14(10)8-1-3-9(4-2-8)15(16)17/h1-4,6H. The van der Waals surface area contributed by atoms with Crippen LogP contribution in [0.4, 0.5) is 5.69 Å². The first-order valence-electron chi connectivity index (χ1n) is 4.52. The molecule has 0 aliphatic rings. The third-order valence-corrected chi connectivity index (χ3v) is 2.90. The third kappa shape index (κ3) is 2.03. The van der Waals surface area contributed by atoms with Gasteiger partial charge >= 0.3 is 0 Å². The molecule has 17 heavy (non-hydrogen) atoms. The second-order valence-corrected chi connectivity index (χ2v) is 3.90. The van der Waals surface area contributed by atoms with E-state index in [1.165, 1.54) is 23.0 Å². The van der Waals surface area contributed by atoms with Gasteiger partial charge in [0.25, 0.3) is 5.69 Å². The molecule has 1 aromatic carbocycles. The van der Waals surface area contributed by atoms with Gasteiger partial charge < -0.3 is 0 Å². The monoisotopic (exact) mass is 292 g/mol. The lowest BCUT2D eigenvalue weighted by molar-refractivity contribution is -0.384. The number of rotatable bonds is 2. The van der Waals surface area contributed by atoms with Crippen LogP contribution in [0.5, 0.6) is 0 Å². The molecule has 0 N–H and O–H groups in total. The van der Waals surface area contributed by atoms with E-state index in [4.69, 9.17) is 5.26 Å². The van der Waals surface area contributed by atoms with Crippen LogP contribution >= 0.6 is 15.9 Å². The Bertz CT molecular complexity index is 612. The van der Waals surface area contributed by atoms with Gasteiger partial charge in [0, 0.05) is 12.1 Å². The van der Waals surface area contributed by atoms with E-state index in [0.29, 0.717) is 15.9 Å². The number of halogens is 1. The molecule has 0 radical (unpaired) electrons. The second kappa shape index (κ2) is 4.35. The molecule has 0 saturated heterocycles. The highest BCUT2D eigenvalue weighted by atomic mass is 79.9. The van der Waals surface area contributed by atoms with Crippen molar-refractivity contribution in [1.29, 1.82) is 5.26 Å². The van der Waals surface area contributed by atoms with Crippen LogP contribution in [0.3, 0.4) is 0 Å². The van der Waals surface area contributed by atoms with Crippen LogP contribution < -0.4 is 0 Å². The lowest BCUT2D eigenvalue weighted by Gasteiger charge is -2.02. The van der Waals surface area contributed by atoms with E-state index in [9.17, 15) is 10.1 Å². The van der Waals surface area contributed by atoms with Crippen molar-refractivity contribution in [2.24, 2.45) is 0 Å². The van der Waals surface area contributed by atoms with Crippen LogP contribution in [0.2, 0.25) is 0 Å². The van der Waals surface area contributed by atoms with Crippen LogP contribution in [-0.4, -0.2) is 14.7 Å². The zero-order valence-electron chi connectivity index (χ0n) is 8.37. The Morgan fingerprint density at radius 2 is 2.06 bits per heavy atom. The first kappa shape index (κ1) is 11.3. The van der Waals surface area contributed by atoms with Crippen LogP contribution in [0.1, 0.15) is 5.56 Å². The van der Waals surface area contributed by atoms with E-state index in [1.807, 2.05) is 6.07 Å². The van der Waals surface area contributed by atoms with Gasteiger partial charge in [-0.2, -0.15) is 10.4 Å². The largest absolute Gasteiger partial charge is 0.269 e. The average Bonchev–Trinajstić information content (AvgIpc) is 2.70. The summed E-state index contributed by atoms with van der Waals surface area (Å²) in [5.74, 6) is 0. The maximum absolute atomic E-state index is 10.5. The molecular formula is C10H5BrN4O2. The van der Waals surface area contributed by atoms with Crippen molar-refractivity contribution < 1.29 is 4.92 Å². The average molecular weight is 293 g/mol. The summed E-state index contributed by atoms with van der Waals surface area (Å²) in [6.07, 6.45) is 1.42. The van der Waals surface area contributed by atoms with Crippen molar-refractivity contribution in [2.45, 2.75) is 0 Å². The maximum atomic E-state index is 10.5. The summed E-state index contributed by atoms with van der Waals surface area (Å²) in [7, 11) is 0. The molecule has 0 spiro atoms. The predicted octanol–water partition coefficient (Wildman–Crippen LogP) is 2.41. The van der Waals surface area contributed by atoms with Crippen molar-refractivity contribution in [3.8, 4) is 11.8 Å². The van der Waals surface area contributed by atoms with Crippen LogP contribution in [-0.2, 0) is 0 Å². The Morgan fingerprint density at radius 3 is 2.53 bits per heavy atom. The minimum atomic E-state index is -0.470. The summed E-state index contributed by atoms with van der Waals surface area (Å²) in [4.78, 5) is 10.0. The number of nitro groups is 1. The fraction of sp³-hybridized carbons (Fsp3) is 0. The van der Waals surface area contributed by atoms with Crippen molar-refractivity contribution in [3.63, 3.8) is 0 Å². The molecule has 1 heterocycles. The molecule has 0 bridgehead atoms. The molecule has 1 aromatic heterocycles. The van der Waals surface area contributed by atoms with Crippen molar-refractivity contribution in [2.75, 3.05) is 0 Å². The van der Waals surface area contributed by atoms with Crippen molar-refractivity contribution in [3.05, 3.63) is 50.7 Å². The summed E-state index contributed by atoms with van der Waals surface area (Å²) in [5.41, 5.74) is 1.06. The first-order chi connectivity index (χ1) is 8.13. The molecule has 0 saturated carbocycles. The lowest BCUT2D eigenvalue weighted by Crippen LogP contribution is -1.97. The molecule has 0 atom stereocenters. The number of hydrogen-bond donors (Lipinski definition) is 0. The number of nitrogens with zero attached hydrogens (tertiary/aromatic N) is 4. The van der Waals surface area contributed by atoms with Gasteiger partial charge in [0.15, 0.2) is 0 Å². The number of aromatic nitrogens is 2. The molecule has 0 unspecified atom stereocenters. The highest BCUT2D eigenvalue weighted by Gasteiger charge is 2.10. The summed E-state index contributed by atoms with van der Waals surface area (Å²) < 4.78 is 2.01. The summed E-state index contributed by atoms with van der Waals surface area (Å²) in [5, 5.41) is 23.3. The fourth-order valence-electron chi connectivity index (χ4n) is 1.30. The highest BCUT2D eigenvalue weighted by molar-refractivity contribution is 9.10. The Hall–Kier alpha value is -2.20. The normalized spacial score (nSPS) is 9.88. The minimum Gasteiger partial charge on any atom is -0.258 e. The molecule has 2 aromatic rings. The van der Waals surface area contributed by atoms with E-state index in [1.54, 1.807) is 12.1 Å². The Kier molecular flexibility index (Phi) is 2.89. The number of benzene rings is 1. The summed E-state index contributed by atoms with van der Waals surface area (Å²) in [6.45, 7) is 0. The summed E-state index contributed by atoms with van der Waals surface area (Å²) >= 11 is 3.24. The molecule has 7 heteroatoms. The van der Waals surface area contributed by atoms with E-state index < -0.39 is 4.92 Å². The minimum absolute atomic E-state index is 0.0116. The van der Waals surface area contributed by atoms with Gasteiger partial charge in [-0.05, 0) is 28.1 Å². The van der Waals surface area contributed by atoms with Crippen molar-refractivity contribution >= 4 is 21.6 Å². The van der Waals surface area contributed by atoms with Gasteiger partial charge in [0.1, 0.15) is 16.2 Å². The maximum Gasteiger partial charge on any atom is 0.269 e. The van der Waals surface area contributed by atoms with Crippen molar-refractivity contribution in [1.82, 2.24) is 9.78 Å². The SMILES string of the molecule is N#Cc1cnn(-c2ccc([N+](=O)[O-])cc2)c1Br. The van der Waals surface area contributed by atoms with Gasteiger partial charge in [-0.3, -0.25) is 10.1 Å². The Labute approximate surface area is 104 Å². The highest BCUT2D eigenvalue weighted by Crippen LogP contribution is 2.21. The molecule has 6 nitrogen and oxygen atoms in total. The van der Waals surface area contributed by atoms with E-state index >= 15 is 0 Å². The molecule has 0 amide bonds. The van der Waals surface area contributed by atoms with Gasteiger partial charge in [0.05, 0.1) is 16.8 Å². The Balaban J connectivity index is 2.44. The third-order valence-electron chi connectivity index (χ3n) is 2.14. The first-order valence-corrected chi connectivity index (χ1v) is 5.31. The smallest absolute Gasteiger partial charge is 0.258 e. The lowest BCUT2D eigenvalue weighted by atomic mass is 10.3. The number of hydrogen-bond acceptors (Lipinski definition) is 4. The zero-order valence-corrected chi connectivity index (χ0v) is 9.96. The summed E-state index contributed by atoms with van der Waals surface area (Å²) in [6, 6.07) is 7.88. The number of non-ortho nitro benzene ring substituents is 1. The molecule has 84 valence electrons. The second-order valence-electron chi connectivity index (χ2n) is 3.15. The van der Waals surface area contributed by atoms with Gasteiger partial charge in [-0.15, -0.1) is 0 Å². The molecule has 2 rings (SSSR count). The van der Waals surface area contributed by atoms with Gasteiger partial charge in [-0.1, -0.05) is 0 Å². The van der Waals surface area contributed by atoms with Gasteiger partial charge in [0.2, 0.25) is 0 Å². The predicted molar refractivity (Wildman–Crippen MR) is 62.6 cm³/mol. The van der Waals surface area contributed by atoms with Crippen LogP contribution in [0.15, 0.2) is 35.1 Å².